The van der Waals surface area contributed by atoms with E-state index in [1.54, 1.807) is 0 Å². The van der Waals surface area contributed by atoms with Crippen molar-refractivity contribution in [1.29, 1.82) is 0 Å². The Balaban J connectivity index is 2.08. The Morgan fingerprint density at radius 3 is 2.47 bits per heavy atom. The highest BCUT2D eigenvalue weighted by Gasteiger charge is 2.34. The molecule has 1 aliphatic rings. The summed E-state index contributed by atoms with van der Waals surface area (Å²) in [4.78, 5) is 0. The van der Waals surface area contributed by atoms with Crippen molar-refractivity contribution in [3.63, 3.8) is 0 Å². The molecule has 4 heteroatoms. The summed E-state index contributed by atoms with van der Waals surface area (Å²) in [5.41, 5.74) is 7.40. The first-order valence-corrected chi connectivity index (χ1v) is 7.83. The molecule has 3 unspecified atom stereocenters. The zero-order chi connectivity index (χ0) is 12.5. The molecule has 0 radical (unpaired) electrons. The van der Waals surface area contributed by atoms with Crippen LogP contribution in [-0.4, -0.2) is 26.0 Å². The van der Waals surface area contributed by atoms with Gasteiger partial charge in [0, 0.05) is 6.04 Å². The lowest BCUT2D eigenvalue weighted by molar-refractivity contribution is 0.412. The molecule has 0 spiro atoms. The van der Waals surface area contributed by atoms with E-state index in [9.17, 15) is 8.42 Å². The van der Waals surface area contributed by atoms with Crippen molar-refractivity contribution < 1.29 is 8.42 Å². The van der Waals surface area contributed by atoms with Crippen LogP contribution in [0.25, 0.3) is 0 Å². The zero-order valence-corrected chi connectivity index (χ0v) is 10.9. The van der Waals surface area contributed by atoms with Crippen molar-refractivity contribution in [2.75, 3.05) is 11.5 Å². The van der Waals surface area contributed by atoms with Gasteiger partial charge in [-0.3, -0.25) is 0 Å². The van der Waals surface area contributed by atoms with Gasteiger partial charge in [-0.1, -0.05) is 37.3 Å². The molecular formula is C13H19NO2S. The van der Waals surface area contributed by atoms with Gasteiger partial charge in [-0.25, -0.2) is 8.42 Å². The molecule has 1 heterocycles. The van der Waals surface area contributed by atoms with Crippen molar-refractivity contribution in [1.82, 2.24) is 0 Å². The molecule has 0 saturated carbocycles. The molecule has 0 amide bonds. The highest BCUT2D eigenvalue weighted by molar-refractivity contribution is 7.91. The quantitative estimate of drug-likeness (QED) is 0.889. The standard InChI is InChI=1S/C13H19NO2S/c1-10(11-5-3-2-4-6-11)13(14)12-7-8-17(15,16)9-12/h2-6,10,12-13H,7-9,14H2,1H3. The molecule has 3 nitrogen and oxygen atoms in total. The molecule has 3 atom stereocenters. The predicted molar refractivity (Wildman–Crippen MR) is 69.6 cm³/mol. The summed E-state index contributed by atoms with van der Waals surface area (Å²) in [6.45, 7) is 2.07. The van der Waals surface area contributed by atoms with E-state index in [4.69, 9.17) is 5.73 Å². The normalized spacial score (nSPS) is 26.6. The summed E-state index contributed by atoms with van der Waals surface area (Å²) in [6, 6.07) is 9.98. The fraction of sp³-hybridized carbons (Fsp3) is 0.538. The molecule has 0 aliphatic carbocycles. The van der Waals surface area contributed by atoms with Gasteiger partial charge in [-0.05, 0) is 23.8 Å². The highest BCUT2D eigenvalue weighted by Crippen LogP contribution is 2.29. The minimum atomic E-state index is -2.84. The molecule has 94 valence electrons. The van der Waals surface area contributed by atoms with Gasteiger partial charge in [-0.2, -0.15) is 0 Å². The smallest absolute Gasteiger partial charge is 0.150 e. The van der Waals surface area contributed by atoms with Crippen molar-refractivity contribution in [3.05, 3.63) is 35.9 Å². The molecule has 1 aliphatic heterocycles. The van der Waals surface area contributed by atoms with Gasteiger partial charge in [0.05, 0.1) is 11.5 Å². The van der Waals surface area contributed by atoms with E-state index in [-0.39, 0.29) is 23.6 Å². The Morgan fingerprint density at radius 1 is 1.29 bits per heavy atom. The van der Waals surface area contributed by atoms with E-state index in [2.05, 4.69) is 6.92 Å². The van der Waals surface area contributed by atoms with Crippen LogP contribution in [-0.2, 0) is 9.84 Å². The van der Waals surface area contributed by atoms with Crippen LogP contribution in [0.4, 0.5) is 0 Å². The van der Waals surface area contributed by atoms with Gasteiger partial charge in [0.25, 0.3) is 0 Å². The van der Waals surface area contributed by atoms with E-state index < -0.39 is 9.84 Å². The number of hydrogen-bond donors (Lipinski definition) is 1. The van der Waals surface area contributed by atoms with Crippen molar-refractivity contribution in [2.45, 2.75) is 25.3 Å². The van der Waals surface area contributed by atoms with Gasteiger partial charge in [0.2, 0.25) is 0 Å². The minimum Gasteiger partial charge on any atom is -0.327 e. The fourth-order valence-electron chi connectivity index (χ4n) is 2.51. The highest BCUT2D eigenvalue weighted by atomic mass is 32.2. The number of sulfone groups is 1. The van der Waals surface area contributed by atoms with Crippen molar-refractivity contribution in [3.8, 4) is 0 Å². The van der Waals surface area contributed by atoms with Crippen molar-refractivity contribution >= 4 is 9.84 Å². The van der Waals surface area contributed by atoms with Crippen LogP contribution < -0.4 is 5.73 Å². The van der Waals surface area contributed by atoms with Crippen LogP contribution in [0.1, 0.15) is 24.8 Å². The third-order valence-corrected chi connectivity index (χ3v) is 5.51. The van der Waals surface area contributed by atoms with Crippen LogP contribution in [0.15, 0.2) is 30.3 Å². The van der Waals surface area contributed by atoms with E-state index in [0.717, 1.165) is 0 Å². The number of nitrogens with two attached hydrogens (primary N) is 1. The molecular weight excluding hydrogens is 234 g/mol. The molecule has 1 aromatic carbocycles. The van der Waals surface area contributed by atoms with Crippen LogP contribution in [0.5, 0.6) is 0 Å². The lowest BCUT2D eigenvalue weighted by Gasteiger charge is -2.25. The molecule has 1 aromatic rings. The SMILES string of the molecule is CC(c1ccccc1)C(N)C1CCS(=O)(=O)C1. The summed E-state index contributed by atoms with van der Waals surface area (Å²) in [5, 5.41) is 0. The maximum Gasteiger partial charge on any atom is 0.150 e. The first-order chi connectivity index (χ1) is 7.99. The number of benzene rings is 1. The van der Waals surface area contributed by atoms with Gasteiger partial charge in [0.15, 0.2) is 9.84 Å². The molecule has 1 fully saturated rings. The van der Waals surface area contributed by atoms with Crippen LogP contribution in [0, 0.1) is 5.92 Å². The van der Waals surface area contributed by atoms with Gasteiger partial charge < -0.3 is 5.73 Å². The second-order valence-electron chi connectivity index (χ2n) is 4.94. The largest absolute Gasteiger partial charge is 0.327 e. The Morgan fingerprint density at radius 2 is 1.94 bits per heavy atom. The second-order valence-corrected chi connectivity index (χ2v) is 7.17. The molecule has 17 heavy (non-hydrogen) atoms. The average Bonchev–Trinajstić information content (AvgIpc) is 2.69. The Kier molecular flexibility index (Phi) is 3.54. The Hall–Kier alpha value is -0.870. The lowest BCUT2D eigenvalue weighted by atomic mass is 9.85. The first-order valence-electron chi connectivity index (χ1n) is 6.00. The van der Waals surface area contributed by atoms with Gasteiger partial charge >= 0.3 is 0 Å². The maximum atomic E-state index is 11.4. The maximum absolute atomic E-state index is 11.4. The molecule has 1 saturated heterocycles. The monoisotopic (exact) mass is 253 g/mol. The molecule has 0 bridgehead atoms. The van der Waals surface area contributed by atoms with Crippen LogP contribution in [0.3, 0.4) is 0 Å². The Labute approximate surface area is 103 Å². The van der Waals surface area contributed by atoms with E-state index in [1.807, 2.05) is 30.3 Å². The summed E-state index contributed by atoms with van der Waals surface area (Å²) in [7, 11) is -2.84. The van der Waals surface area contributed by atoms with Crippen LogP contribution >= 0.6 is 0 Å². The summed E-state index contributed by atoms with van der Waals surface area (Å²) in [6.07, 6.45) is 0.709. The van der Waals surface area contributed by atoms with E-state index in [1.165, 1.54) is 5.56 Å². The summed E-state index contributed by atoms with van der Waals surface area (Å²) >= 11 is 0. The fourth-order valence-corrected chi connectivity index (χ4v) is 4.38. The second kappa shape index (κ2) is 4.78. The van der Waals surface area contributed by atoms with Crippen LogP contribution in [0.2, 0.25) is 0 Å². The predicted octanol–water partition coefficient (Wildman–Crippen LogP) is 1.55. The molecule has 0 aromatic heterocycles. The number of rotatable bonds is 3. The lowest BCUT2D eigenvalue weighted by Crippen LogP contribution is -2.35. The number of hydrogen-bond acceptors (Lipinski definition) is 3. The topological polar surface area (TPSA) is 60.2 Å². The summed E-state index contributed by atoms with van der Waals surface area (Å²) < 4.78 is 22.9. The summed E-state index contributed by atoms with van der Waals surface area (Å²) in [5.74, 6) is 0.864. The van der Waals surface area contributed by atoms with E-state index >= 15 is 0 Å². The van der Waals surface area contributed by atoms with Gasteiger partial charge in [0.1, 0.15) is 0 Å². The Bertz CT molecular complexity index is 469. The first kappa shape index (κ1) is 12.6. The third kappa shape index (κ3) is 2.87. The van der Waals surface area contributed by atoms with E-state index in [0.29, 0.717) is 12.2 Å². The minimum absolute atomic E-state index is 0.0744. The molecule has 2 N–H and O–H groups in total. The average molecular weight is 253 g/mol. The third-order valence-electron chi connectivity index (χ3n) is 3.71. The molecule has 2 rings (SSSR count). The zero-order valence-electron chi connectivity index (χ0n) is 10.0. The van der Waals surface area contributed by atoms with Gasteiger partial charge in [-0.15, -0.1) is 0 Å². The van der Waals surface area contributed by atoms with Crippen molar-refractivity contribution in [2.24, 2.45) is 11.7 Å².